The predicted molar refractivity (Wildman–Crippen MR) is 79.2 cm³/mol. The van der Waals surface area contributed by atoms with E-state index in [2.05, 4.69) is 10.1 Å². The number of aromatic nitrogens is 3. The molecule has 6 heteroatoms. The quantitative estimate of drug-likeness (QED) is 0.768. The van der Waals surface area contributed by atoms with Crippen molar-refractivity contribution >= 4 is 17.6 Å². The molecule has 21 heavy (non-hydrogen) atoms. The van der Waals surface area contributed by atoms with Crippen molar-refractivity contribution in [3.8, 4) is 11.1 Å². The monoisotopic (exact) mass is 282 g/mol. The van der Waals surface area contributed by atoms with Gasteiger partial charge < -0.3 is 10.8 Å². The van der Waals surface area contributed by atoms with E-state index >= 15 is 0 Å². The van der Waals surface area contributed by atoms with E-state index in [9.17, 15) is 9.90 Å². The van der Waals surface area contributed by atoms with E-state index in [0.717, 1.165) is 16.7 Å². The van der Waals surface area contributed by atoms with E-state index in [1.54, 1.807) is 16.8 Å². The maximum atomic E-state index is 11.3. The van der Waals surface area contributed by atoms with Gasteiger partial charge in [0.2, 0.25) is 5.95 Å². The van der Waals surface area contributed by atoms with E-state index in [-0.39, 0.29) is 5.95 Å². The molecule has 0 saturated heterocycles. The summed E-state index contributed by atoms with van der Waals surface area (Å²) in [6.45, 7) is 1.94. The van der Waals surface area contributed by atoms with Gasteiger partial charge in [0.05, 0.1) is 5.56 Å². The number of rotatable bonds is 3. The standard InChI is InChI=1S/C15H14N4O2/c1-2-9-3-4-10(7-12(9)14(20)21)11-5-6-19-13(8-11)17-15(16)18-19/h3-8H,2H2,1H3,(H2,16,18)(H,20,21). The number of nitrogen functional groups attached to an aromatic ring is 1. The molecule has 3 rings (SSSR count). The molecule has 0 saturated carbocycles. The van der Waals surface area contributed by atoms with Crippen molar-refractivity contribution in [2.75, 3.05) is 5.73 Å². The van der Waals surface area contributed by atoms with Gasteiger partial charge in [0, 0.05) is 6.20 Å². The maximum absolute atomic E-state index is 11.3. The van der Waals surface area contributed by atoms with Crippen LogP contribution < -0.4 is 5.73 Å². The Bertz CT molecular complexity index is 839. The fourth-order valence-corrected chi connectivity index (χ4v) is 2.34. The van der Waals surface area contributed by atoms with Crippen molar-refractivity contribution < 1.29 is 9.90 Å². The Hall–Kier alpha value is -2.89. The molecular weight excluding hydrogens is 268 g/mol. The molecule has 0 aliphatic heterocycles. The van der Waals surface area contributed by atoms with E-state index < -0.39 is 5.97 Å². The first kappa shape index (κ1) is 13.1. The van der Waals surface area contributed by atoms with E-state index in [4.69, 9.17) is 5.73 Å². The number of hydrogen-bond acceptors (Lipinski definition) is 4. The van der Waals surface area contributed by atoms with E-state index in [1.807, 2.05) is 31.2 Å². The van der Waals surface area contributed by atoms with Gasteiger partial charge in [-0.05, 0) is 41.3 Å². The van der Waals surface area contributed by atoms with Crippen molar-refractivity contribution in [3.63, 3.8) is 0 Å². The van der Waals surface area contributed by atoms with Gasteiger partial charge in [-0.2, -0.15) is 4.98 Å². The number of nitrogens with zero attached hydrogens (tertiary/aromatic N) is 3. The lowest BCUT2D eigenvalue weighted by Crippen LogP contribution is -2.02. The summed E-state index contributed by atoms with van der Waals surface area (Å²) >= 11 is 0. The highest BCUT2D eigenvalue weighted by molar-refractivity contribution is 5.91. The molecule has 3 aromatic rings. The van der Waals surface area contributed by atoms with Crippen molar-refractivity contribution in [1.82, 2.24) is 14.6 Å². The van der Waals surface area contributed by atoms with Crippen molar-refractivity contribution in [1.29, 1.82) is 0 Å². The Balaban J connectivity index is 2.13. The molecule has 1 aromatic carbocycles. The molecule has 3 N–H and O–H groups in total. The van der Waals surface area contributed by atoms with Crippen molar-refractivity contribution in [2.45, 2.75) is 13.3 Å². The van der Waals surface area contributed by atoms with Gasteiger partial charge in [-0.3, -0.25) is 0 Å². The van der Waals surface area contributed by atoms with Crippen LogP contribution in [-0.4, -0.2) is 25.7 Å². The molecule has 0 bridgehead atoms. The summed E-state index contributed by atoms with van der Waals surface area (Å²) < 4.78 is 1.58. The summed E-state index contributed by atoms with van der Waals surface area (Å²) in [4.78, 5) is 15.4. The number of anilines is 1. The average Bonchev–Trinajstić information content (AvgIpc) is 2.85. The zero-order chi connectivity index (χ0) is 15.0. The summed E-state index contributed by atoms with van der Waals surface area (Å²) in [6, 6.07) is 9.13. The minimum absolute atomic E-state index is 0.208. The fourth-order valence-electron chi connectivity index (χ4n) is 2.34. The van der Waals surface area contributed by atoms with Gasteiger partial charge in [0.1, 0.15) is 0 Å². The van der Waals surface area contributed by atoms with Crippen molar-refractivity contribution in [2.24, 2.45) is 0 Å². The van der Waals surface area contributed by atoms with Gasteiger partial charge in [0.15, 0.2) is 5.65 Å². The molecule has 0 radical (unpaired) electrons. The molecule has 2 heterocycles. The zero-order valence-electron chi connectivity index (χ0n) is 11.4. The van der Waals surface area contributed by atoms with Gasteiger partial charge >= 0.3 is 5.97 Å². The van der Waals surface area contributed by atoms with Crippen LogP contribution in [0.5, 0.6) is 0 Å². The second-order valence-corrected chi connectivity index (χ2v) is 4.72. The molecule has 0 unspecified atom stereocenters. The Morgan fingerprint density at radius 1 is 1.29 bits per heavy atom. The molecule has 2 aromatic heterocycles. The number of benzene rings is 1. The fraction of sp³-hybridized carbons (Fsp3) is 0.133. The van der Waals surface area contributed by atoms with Crippen LogP contribution in [0.15, 0.2) is 36.5 Å². The molecular formula is C15H14N4O2. The second-order valence-electron chi connectivity index (χ2n) is 4.72. The lowest BCUT2D eigenvalue weighted by Gasteiger charge is -2.07. The van der Waals surface area contributed by atoms with Gasteiger partial charge in [-0.25, -0.2) is 9.31 Å². The van der Waals surface area contributed by atoms with Crippen LogP contribution in [0, 0.1) is 0 Å². The minimum atomic E-state index is -0.915. The van der Waals surface area contributed by atoms with Crippen LogP contribution in [0.2, 0.25) is 0 Å². The summed E-state index contributed by atoms with van der Waals surface area (Å²) in [5.74, 6) is -0.707. The third-order valence-corrected chi connectivity index (χ3v) is 3.41. The Labute approximate surface area is 120 Å². The summed E-state index contributed by atoms with van der Waals surface area (Å²) in [6.07, 6.45) is 2.43. The van der Waals surface area contributed by atoms with E-state index in [1.165, 1.54) is 0 Å². The first-order valence-electron chi connectivity index (χ1n) is 6.57. The van der Waals surface area contributed by atoms with Crippen LogP contribution in [0.3, 0.4) is 0 Å². The molecule has 0 aliphatic rings. The maximum Gasteiger partial charge on any atom is 0.335 e. The third-order valence-electron chi connectivity index (χ3n) is 3.41. The highest BCUT2D eigenvalue weighted by Crippen LogP contribution is 2.24. The van der Waals surface area contributed by atoms with Gasteiger partial charge in [-0.1, -0.05) is 19.1 Å². The highest BCUT2D eigenvalue weighted by Gasteiger charge is 2.11. The number of carboxylic acids is 1. The Kier molecular flexibility index (Phi) is 3.06. The smallest absolute Gasteiger partial charge is 0.335 e. The Morgan fingerprint density at radius 3 is 2.76 bits per heavy atom. The first-order valence-corrected chi connectivity index (χ1v) is 6.57. The molecule has 0 fully saturated rings. The number of aromatic carboxylic acids is 1. The van der Waals surface area contributed by atoms with Gasteiger partial charge in [0.25, 0.3) is 0 Å². The largest absolute Gasteiger partial charge is 0.478 e. The summed E-state index contributed by atoms with van der Waals surface area (Å²) in [5, 5.41) is 13.3. The summed E-state index contributed by atoms with van der Waals surface area (Å²) in [5.41, 5.74) is 9.04. The van der Waals surface area contributed by atoms with Crippen LogP contribution in [0.1, 0.15) is 22.8 Å². The summed E-state index contributed by atoms with van der Waals surface area (Å²) in [7, 11) is 0. The van der Waals surface area contributed by atoms with Crippen LogP contribution in [0.4, 0.5) is 5.95 Å². The number of nitrogens with two attached hydrogens (primary N) is 1. The molecule has 0 aliphatic carbocycles. The Morgan fingerprint density at radius 2 is 2.05 bits per heavy atom. The number of fused-ring (bicyclic) bond motifs is 1. The van der Waals surface area contributed by atoms with Crippen LogP contribution >= 0.6 is 0 Å². The highest BCUT2D eigenvalue weighted by atomic mass is 16.4. The number of pyridine rings is 1. The van der Waals surface area contributed by atoms with Crippen LogP contribution in [0.25, 0.3) is 16.8 Å². The lowest BCUT2D eigenvalue weighted by atomic mass is 9.98. The topological polar surface area (TPSA) is 93.5 Å². The minimum Gasteiger partial charge on any atom is -0.478 e. The third kappa shape index (κ3) is 2.31. The second kappa shape index (κ2) is 4.90. The number of hydrogen-bond donors (Lipinski definition) is 2. The molecule has 0 amide bonds. The number of carboxylic acid groups (broad SMARTS) is 1. The number of aryl methyl sites for hydroxylation is 1. The molecule has 0 atom stereocenters. The van der Waals surface area contributed by atoms with Crippen LogP contribution in [-0.2, 0) is 6.42 Å². The predicted octanol–water partition coefficient (Wildman–Crippen LogP) is 2.24. The number of carbonyl (C=O) groups is 1. The zero-order valence-corrected chi connectivity index (χ0v) is 11.4. The van der Waals surface area contributed by atoms with Crippen molar-refractivity contribution in [3.05, 3.63) is 47.7 Å². The SMILES string of the molecule is CCc1ccc(-c2ccn3nc(N)nc3c2)cc1C(=O)O. The van der Waals surface area contributed by atoms with Gasteiger partial charge in [-0.15, -0.1) is 5.10 Å². The normalized spacial score (nSPS) is 10.9. The van der Waals surface area contributed by atoms with E-state index in [0.29, 0.717) is 17.6 Å². The molecule has 6 nitrogen and oxygen atoms in total. The molecule has 106 valence electrons. The first-order chi connectivity index (χ1) is 10.1. The lowest BCUT2D eigenvalue weighted by molar-refractivity contribution is 0.0696. The molecule has 0 spiro atoms. The average molecular weight is 282 g/mol.